The van der Waals surface area contributed by atoms with Gasteiger partial charge in [0.2, 0.25) is 0 Å². The molecule has 2 amide bonds. The van der Waals surface area contributed by atoms with Crippen LogP contribution in [-0.2, 0) is 9.59 Å². The minimum absolute atomic E-state index is 0.0854. The Morgan fingerprint density at radius 2 is 1.78 bits per heavy atom. The van der Waals surface area contributed by atoms with Gasteiger partial charge in [0.1, 0.15) is 13.2 Å². The minimum atomic E-state index is -0.653. The lowest BCUT2D eigenvalue weighted by molar-refractivity contribution is -0.137. The average Bonchev–Trinajstić information content (AvgIpc) is 2.56. The normalized spacial score (nSPS) is 23.0. The Kier molecular flexibility index (Phi) is 4.69. The van der Waals surface area contributed by atoms with Crippen LogP contribution >= 0.6 is 0 Å². The van der Waals surface area contributed by atoms with Gasteiger partial charge >= 0.3 is 11.8 Å². The number of anilines is 1. The summed E-state index contributed by atoms with van der Waals surface area (Å²) in [4.78, 5) is 24.1. The first-order valence-corrected chi connectivity index (χ1v) is 8.15. The summed E-state index contributed by atoms with van der Waals surface area (Å²) in [6, 6.07) is 5.18. The molecule has 1 saturated carbocycles. The molecule has 6 heteroatoms. The lowest BCUT2D eigenvalue weighted by atomic mass is 9.86. The molecule has 0 unspecified atom stereocenters. The molecule has 1 aliphatic carbocycles. The Labute approximate surface area is 135 Å². The summed E-state index contributed by atoms with van der Waals surface area (Å²) in [5, 5.41) is 5.45. The number of nitrogens with one attached hydrogen (secondary N) is 2. The number of rotatable bonds is 2. The zero-order valence-electron chi connectivity index (χ0n) is 13.3. The topological polar surface area (TPSA) is 76.7 Å². The molecule has 1 fully saturated rings. The molecular formula is C17H22N2O4. The predicted molar refractivity (Wildman–Crippen MR) is 85.6 cm³/mol. The molecule has 1 aromatic carbocycles. The van der Waals surface area contributed by atoms with E-state index in [1.807, 2.05) is 0 Å². The van der Waals surface area contributed by atoms with Crippen LogP contribution in [0.4, 0.5) is 5.69 Å². The Hall–Kier alpha value is -2.24. The maximum Gasteiger partial charge on any atom is 0.313 e. The van der Waals surface area contributed by atoms with Crippen LogP contribution in [0, 0.1) is 5.92 Å². The van der Waals surface area contributed by atoms with Crippen molar-refractivity contribution in [2.75, 3.05) is 18.5 Å². The summed E-state index contributed by atoms with van der Waals surface area (Å²) in [7, 11) is 0. The third-order valence-corrected chi connectivity index (χ3v) is 4.43. The first kappa shape index (κ1) is 15.6. The SMILES string of the molecule is C[C@@H]1CCCC[C@@H]1NC(=O)C(=O)Nc1ccc2c(c1)OCCO2. The van der Waals surface area contributed by atoms with Crippen LogP contribution in [0.15, 0.2) is 18.2 Å². The molecule has 1 aliphatic heterocycles. The van der Waals surface area contributed by atoms with E-state index in [1.165, 1.54) is 6.42 Å². The highest BCUT2D eigenvalue weighted by Crippen LogP contribution is 2.32. The van der Waals surface area contributed by atoms with Crippen molar-refractivity contribution in [3.8, 4) is 11.5 Å². The summed E-state index contributed by atoms with van der Waals surface area (Å²) < 4.78 is 10.9. The number of hydrogen-bond acceptors (Lipinski definition) is 4. The van der Waals surface area contributed by atoms with Crippen LogP contribution in [0.1, 0.15) is 32.6 Å². The van der Waals surface area contributed by atoms with Gasteiger partial charge in [0.15, 0.2) is 11.5 Å². The van der Waals surface area contributed by atoms with Gasteiger partial charge in [-0.2, -0.15) is 0 Å². The second-order valence-electron chi connectivity index (χ2n) is 6.15. The fraction of sp³-hybridized carbons (Fsp3) is 0.529. The summed E-state index contributed by atoms with van der Waals surface area (Å²) in [6.45, 7) is 3.11. The molecule has 0 radical (unpaired) electrons. The van der Waals surface area contributed by atoms with Gasteiger partial charge in [-0.15, -0.1) is 0 Å². The van der Waals surface area contributed by atoms with E-state index in [0.717, 1.165) is 19.3 Å². The number of fused-ring (bicyclic) bond motifs is 1. The molecule has 1 heterocycles. The van der Waals surface area contributed by atoms with Crippen molar-refractivity contribution in [1.29, 1.82) is 0 Å². The summed E-state index contributed by atoms with van der Waals surface area (Å²) >= 11 is 0. The zero-order valence-corrected chi connectivity index (χ0v) is 13.3. The zero-order chi connectivity index (χ0) is 16.2. The van der Waals surface area contributed by atoms with E-state index in [-0.39, 0.29) is 6.04 Å². The number of carbonyl (C=O) groups excluding carboxylic acids is 2. The Bertz CT molecular complexity index is 602. The quantitative estimate of drug-likeness (QED) is 0.819. The standard InChI is InChI=1S/C17H22N2O4/c1-11-4-2-3-5-13(11)19-17(21)16(20)18-12-6-7-14-15(10-12)23-9-8-22-14/h6-7,10-11,13H,2-5,8-9H2,1H3,(H,18,20)(H,19,21)/t11-,13+/m1/s1. The highest BCUT2D eigenvalue weighted by molar-refractivity contribution is 6.39. The summed E-state index contributed by atoms with van der Waals surface area (Å²) in [5.41, 5.74) is 0.520. The van der Waals surface area contributed by atoms with E-state index in [4.69, 9.17) is 9.47 Å². The van der Waals surface area contributed by atoms with Crippen molar-refractivity contribution in [1.82, 2.24) is 5.32 Å². The molecule has 6 nitrogen and oxygen atoms in total. The fourth-order valence-electron chi connectivity index (χ4n) is 3.07. The molecule has 0 spiro atoms. The first-order valence-electron chi connectivity index (χ1n) is 8.15. The van der Waals surface area contributed by atoms with Crippen LogP contribution in [0.25, 0.3) is 0 Å². The highest BCUT2D eigenvalue weighted by Gasteiger charge is 2.25. The predicted octanol–water partition coefficient (Wildman–Crippen LogP) is 2.09. The van der Waals surface area contributed by atoms with Crippen LogP contribution in [-0.4, -0.2) is 31.1 Å². The van der Waals surface area contributed by atoms with E-state index in [9.17, 15) is 9.59 Å². The van der Waals surface area contributed by atoms with E-state index in [0.29, 0.717) is 36.3 Å². The highest BCUT2D eigenvalue weighted by atomic mass is 16.6. The summed E-state index contributed by atoms with van der Waals surface area (Å²) in [6.07, 6.45) is 4.31. The molecule has 2 N–H and O–H groups in total. The smallest absolute Gasteiger partial charge is 0.313 e. The number of amides is 2. The van der Waals surface area contributed by atoms with E-state index in [1.54, 1.807) is 18.2 Å². The van der Waals surface area contributed by atoms with Gasteiger partial charge in [-0.3, -0.25) is 9.59 Å². The lowest BCUT2D eigenvalue weighted by Crippen LogP contribution is -2.45. The van der Waals surface area contributed by atoms with Crippen LogP contribution in [0.5, 0.6) is 11.5 Å². The molecular weight excluding hydrogens is 296 g/mol. The van der Waals surface area contributed by atoms with Gasteiger partial charge in [0.05, 0.1) is 0 Å². The molecule has 124 valence electrons. The largest absolute Gasteiger partial charge is 0.486 e. The van der Waals surface area contributed by atoms with Crippen LogP contribution in [0.2, 0.25) is 0 Å². The Balaban J connectivity index is 1.58. The Morgan fingerprint density at radius 1 is 1.04 bits per heavy atom. The van der Waals surface area contributed by atoms with E-state index < -0.39 is 11.8 Å². The van der Waals surface area contributed by atoms with E-state index >= 15 is 0 Å². The minimum Gasteiger partial charge on any atom is -0.486 e. The maximum atomic E-state index is 12.1. The number of hydrogen-bond donors (Lipinski definition) is 2. The van der Waals surface area contributed by atoms with Gasteiger partial charge in [0.25, 0.3) is 0 Å². The monoisotopic (exact) mass is 318 g/mol. The van der Waals surface area contributed by atoms with Crippen LogP contribution < -0.4 is 20.1 Å². The molecule has 0 aromatic heterocycles. The number of ether oxygens (including phenoxy) is 2. The molecule has 3 rings (SSSR count). The second kappa shape index (κ2) is 6.89. The van der Waals surface area contributed by atoms with E-state index in [2.05, 4.69) is 17.6 Å². The third kappa shape index (κ3) is 3.75. The lowest BCUT2D eigenvalue weighted by Gasteiger charge is -2.29. The Morgan fingerprint density at radius 3 is 2.57 bits per heavy atom. The summed E-state index contributed by atoms with van der Waals surface area (Å²) in [5.74, 6) is 0.401. The second-order valence-corrected chi connectivity index (χ2v) is 6.15. The van der Waals surface area contributed by atoms with Gasteiger partial charge in [-0.1, -0.05) is 19.8 Å². The van der Waals surface area contributed by atoms with Crippen molar-refractivity contribution < 1.29 is 19.1 Å². The molecule has 2 atom stereocenters. The molecule has 0 bridgehead atoms. The van der Waals surface area contributed by atoms with Crippen molar-refractivity contribution in [2.45, 2.75) is 38.6 Å². The van der Waals surface area contributed by atoms with Gasteiger partial charge < -0.3 is 20.1 Å². The fourth-order valence-corrected chi connectivity index (χ4v) is 3.07. The molecule has 0 saturated heterocycles. The number of benzene rings is 1. The molecule has 2 aliphatic rings. The number of carbonyl (C=O) groups is 2. The molecule has 1 aromatic rings. The van der Waals surface area contributed by atoms with Crippen molar-refractivity contribution in [3.63, 3.8) is 0 Å². The van der Waals surface area contributed by atoms with Crippen molar-refractivity contribution in [3.05, 3.63) is 18.2 Å². The third-order valence-electron chi connectivity index (χ3n) is 4.43. The van der Waals surface area contributed by atoms with Crippen molar-refractivity contribution >= 4 is 17.5 Å². The molecule has 23 heavy (non-hydrogen) atoms. The first-order chi connectivity index (χ1) is 11.1. The van der Waals surface area contributed by atoms with Gasteiger partial charge in [-0.25, -0.2) is 0 Å². The van der Waals surface area contributed by atoms with Crippen LogP contribution in [0.3, 0.4) is 0 Å². The average molecular weight is 318 g/mol. The van der Waals surface area contributed by atoms with Crippen molar-refractivity contribution in [2.24, 2.45) is 5.92 Å². The maximum absolute atomic E-state index is 12.1. The van der Waals surface area contributed by atoms with Gasteiger partial charge in [0, 0.05) is 17.8 Å². The van der Waals surface area contributed by atoms with Gasteiger partial charge in [-0.05, 0) is 30.9 Å².